The van der Waals surface area contributed by atoms with E-state index in [2.05, 4.69) is 16.0 Å². The number of piperazine rings is 1. The number of nitrogens with zero attached hydrogens (tertiary/aromatic N) is 4. The molecule has 0 atom stereocenters. The molecule has 0 radical (unpaired) electrons. The van der Waals surface area contributed by atoms with Gasteiger partial charge in [0.05, 0.1) is 0 Å². The van der Waals surface area contributed by atoms with Gasteiger partial charge in [0, 0.05) is 65.1 Å². The summed E-state index contributed by atoms with van der Waals surface area (Å²) in [4.78, 5) is 20.8. The van der Waals surface area contributed by atoms with E-state index in [1.807, 2.05) is 17.2 Å². The summed E-state index contributed by atoms with van der Waals surface area (Å²) < 4.78 is 26.4. The summed E-state index contributed by atoms with van der Waals surface area (Å²) in [7, 11) is -1.87. The second kappa shape index (κ2) is 9.60. The van der Waals surface area contributed by atoms with Crippen LogP contribution in [0.2, 0.25) is 0 Å². The minimum atomic E-state index is -3.44. The van der Waals surface area contributed by atoms with Crippen molar-refractivity contribution in [3.63, 3.8) is 0 Å². The first-order valence-corrected chi connectivity index (χ1v) is 11.7. The van der Waals surface area contributed by atoms with Gasteiger partial charge in [-0.15, -0.1) is 11.3 Å². The molecule has 0 aromatic carbocycles. The first-order chi connectivity index (χ1) is 13.5. The third kappa shape index (κ3) is 5.38. The number of aromatic nitrogens is 1. The minimum Gasteiger partial charge on any atom is -0.340 e. The fourth-order valence-electron chi connectivity index (χ4n) is 3.20. The van der Waals surface area contributed by atoms with E-state index in [0.717, 1.165) is 19.6 Å². The van der Waals surface area contributed by atoms with E-state index < -0.39 is 10.0 Å². The lowest BCUT2D eigenvalue weighted by Crippen LogP contribution is -2.48. The summed E-state index contributed by atoms with van der Waals surface area (Å²) >= 11 is 1.21. The zero-order valence-corrected chi connectivity index (χ0v) is 17.7. The Kier molecular flexibility index (Phi) is 7.17. The molecule has 1 saturated heterocycles. The average molecular weight is 423 g/mol. The Balaban J connectivity index is 1.39. The first kappa shape index (κ1) is 20.9. The number of carbonyl (C=O) groups excluding carboxylic acids is 1. The Morgan fingerprint density at radius 3 is 2.64 bits per heavy atom. The molecule has 1 amide bonds. The molecule has 0 unspecified atom stereocenters. The summed E-state index contributed by atoms with van der Waals surface area (Å²) in [5.74, 6) is 0.1000. The maximum Gasteiger partial charge on any atom is 0.252 e. The maximum absolute atomic E-state index is 12.5. The van der Waals surface area contributed by atoms with Crippen LogP contribution in [0.5, 0.6) is 0 Å². The van der Waals surface area contributed by atoms with E-state index in [0.29, 0.717) is 36.7 Å². The molecular weight excluding hydrogens is 396 g/mol. The molecule has 0 aliphatic carbocycles. The van der Waals surface area contributed by atoms with Crippen molar-refractivity contribution in [2.45, 2.75) is 23.6 Å². The van der Waals surface area contributed by atoms with Crippen LogP contribution in [0.3, 0.4) is 0 Å². The van der Waals surface area contributed by atoms with Gasteiger partial charge in [0.2, 0.25) is 5.91 Å². The molecule has 7 nitrogen and oxygen atoms in total. The lowest BCUT2D eigenvalue weighted by molar-refractivity contribution is -0.133. The number of hydrogen-bond acceptors (Lipinski definition) is 6. The maximum atomic E-state index is 12.5. The van der Waals surface area contributed by atoms with E-state index in [4.69, 9.17) is 0 Å². The Labute approximate surface area is 170 Å². The zero-order valence-electron chi connectivity index (χ0n) is 16.0. The van der Waals surface area contributed by atoms with Crippen molar-refractivity contribution in [2.75, 3.05) is 39.8 Å². The van der Waals surface area contributed by atoms with Crippen molar-refractivity contribution in [1.29, 1.82) is 0 Å². The number of rotatable bonds is 8. The number of carbonyl (C=O) groups is 1. The van der Waals surface area contributed by atoms with E-state index in [1.165, 1.54) is 21.2 Å². The molecule has 9 heteroatoms. The largest absolute Gasteiger partial charge is 0.340 e. The summed E-state index contributed by atoms with van der Waals surface area (Å²) in [6.07, 6.45) is 4.53. The molecule has 28 heavy (non-hydrogen) atoms. The summed E-state index contributed by atoms with van der Waals surface area (Å²) in [6.45, 7) is 4.29. The molecule has 0 N–H and O–H groups in total. The van der Waals surface area contributed by atoms with Gasteiger partial charge in [-0.3, -0.25) is 14.7 Å². The lowest BCUT2D eigenvalue weighted by Gasteiger charge is -2.34. The summed E-state index contributed by atoms with van der Waals surface area (Å²) in [5, 5.41) is 1.75. The smallest absolute Gasteiger partial charge is 0.252 e. The molecule has 0 saturated carbocycles. The second-order valence-electron chi connectivity index (χ2n) is 6.88. The molecule has 1 aliphatic rings. The van der Waals surface area contributed by atoms with Crippen LogP contribution in [-0.4, -0.2) is 73.2 Å². The van der Waals surface area contributed by atoms with E-state index in [-0.39, 0.29) is 5.91 Å². The van der Waals surface area contributed by atoms with Crippen LogP contribution in [0, 0.1) is 0 Å². The second-order valence-corrected chi connectivity index (χ2v) is 10.1. The lowest BCUT2D eigenvalue weighted by atomic mass is 10.2. The number of amides is 1. The number of sulfonamides is 1. The van der Waals surface area contributed by atoms with Gasteiger partial charge in [0.25, 0.3) is 10.0 Å². The molecule has 0 bridgehead atoms. The van der Waals surface area contributed by atoms with E-state index in [9.17, 15) is 13.2 Å². The normalized spacial score (nSPS) is 15.9. The van der Waals surface area contributed by atoms with Gasteiger partial charge < -0.3 is 4.90 Å². The Bertz CT molecular complexity index is 849. The van der Waals surface area contributed by atoms with E-state index >= 15 is 0 Å². The monoisotopic (exact) mass is 422 g/mol. The van der Waals surface area contributed by atoms with Gasteiger partial charge >= 0.3 is 0 Å². The minimum absolute atomic E-state index is 0.1000. The average Bonchev–Trinajstić information content (AvgIpc) is 3.25. The van der Waals surface area contributed by atoms with Crippen molar-refractivity contribution >= 4 is 27.3 Å². The first-order valence-electron chi connectivity index (χ1n) is 9.36. The van der Waals surface area contributed by atoms with Gasteiger partial charge in [0.15, 0.2) is 0 Å². The molecular formula is C19H26N4O3S2. The molecule has 1 aliphatic heterocycles. The third-order valence-corrected chi connectivity index (χ3v) is 8.11. The van der Waals surface area contributed by atoms with Crippen LogP contribution in [0.1, 0.15) is 18.4 Å². The molecule has 2 aromatic rings. The standard InChI is InChI=1S/C19H26N4O3S2/c1-21(28(25,26)19-7-4-14-27-19)9-3-6-18(24)23-12-10-22(11-13-23)16-17-5-2-8-20-15-17/h2,4-5,7-8,14-15H,3,6,9-13,16H2,1H3. The number of thiophene rings is 1. The predicted molar refractivity (Wildman–Crippen MR) is 109 cm³/mol. The van der Waals surface area contributed by atoms with Crippen molar-refractivity contribution in [2.24, 2.45) is 0 Å². The fourth-order valence-corrected chi connectivity index (χ4v) is 5.61. The molecule has 2 aromatic heterocycles. The Morgan fingerprint density at radius 1 is 1.21 bits per heavy atom. The quantitative estimate of drug-likeness (QED) is 0.650. The van der Waals surface area contributed by atoms with Crippen LogP contribution in [-0.2, 0) is 21.4 Å². The van der Waals surface area contributed by atoms with Gasteiger partial charge in [-0.25, -0.2) is 12.7 Å². The van der Waals surface area contributed by atoms with Crippen molar-refractivity contribution in [1.82, 2.24) is 19.1 Å². The molecule has 0 spiro atoms. The van der Waals surface area contributed by atoms with Crippen molar-refractivity contribution in [3.05, 3.63) is 47.6 Å². The van der Waals surface area contributed by atoms with Gasteiger partial charge in [-0.1, -0.05) is 12.1 Å². The van der Waals surface area contributed by atoms with Crippen molar-refractivity contribution in [3.8, 4) is 0 Å². The van der Waals surface area contributed by atoms with Gasteiger partial charge in [-0.05, 0) is 29.5 Å². The zero-order chi connectivity index (χ0) is 20.0. The molecule has 3 rings (SSSR count). The predicted octanol–water partition coefficient (Wildman–Crippen LogP) is 1.89. The van der Waals surface area contributed by atoms with Crippen LogP contribution in [0.15, 0.2) is 46.2 Å². The topological polar surface area (TPSA) is 73.8 Å². The molecule has 3 heterocycles. The Morgan fingerprint density at radius 2 is 2.00 bits per heavy atom. The van der Waals surface area contributed by atoms with Gasteiger partial charge in [-0.2, -0.15) is 0 Å². The Hall–Kier alpha value is -1.81. The highest BCUT2D eigenvalue weighted by Crippen LogP contribution is 2.20. The highest BCUT2D eigenvalue weighted by molar-refractivity contribution is 7.91. The third-order valence-electron chi connectivity index (χ3n) is 4.88. The van der Waals surface area contributed by atoms with Crippen LogP contribution < -0.4 is 0 Å². The van der Waals surface area contributed by atoms with Gasteiger partial charge in [0.1, 0.15) is 4.21 Å². The fraction of sp³-hybridized carbons (Fsp3) is 0.474. The highest BCUT2D eigenvalue weighted by Gasteiger charge is 2.23. The van der Waals surface area contributed by atoms with Crippen LogP contribution in [0.25, 0.3) is 0 Å². The molecule has 1 fully saturated rings. The summed E-state index contributed by atoms with van der Waals surface area (Å²) in [6, 6.07) is 7.32. The number of pyridine rings is 1. The highest BCUT2D eigenvalue weighted by atomic mass is 32.2. The molecule has 152 valence electrons. The van der Waals surface area contributed by atoms with Crippen LogP contribution in [0.4, 0.5) is 0 Å². The van der Waals surface area contributed by atoms with Crippen LogP contribution >= 0.6 is 11.3 Å². The van der Waals surface area contributed by atoms with Crippen molar-refractivity contribution < 1.29 is 13.2 Å². The number of hydrogen-bond donors (Lipinski definition) is 0. The summed E-state index contributed by atoms with van der Waals surface area (Å²) in [5.41, 5.74) is 1.18. The van der Waals surface area contributed by atoms with E-state index in [1.54, 1.807) is 30.8 Å². The SMILES string of the molecule is CN(CCCC(=O)N1CCN(Cc2cccnc2)CC1)S(=O)(=O)c1cccs1.